The van der Waals surface area contributed by atoms with Gasteiger partial charge in [0.15, 0.2) is 0 Å². The summed E-state index contributed by atoms with van der Waals surface area (Å²) in [6.45, 7) is 6.47. The molecule has 1 aromatic heterocycles. The van der Waals surface area contributed by atoms with Crippen LogP contribution in [-0.2, 0) is 0 Å². The van der Waals surface area contributed by atoms with Gasteiger partial charge in [-0.2, -0.15) is 0 Å². The van der Waals surface area contributed by atoms with Crippen LogP contribution in [0.1, 0.15) is 62.0 Å². The van der Waals surface area contributed by atoms with Crippen molar-refractivity contribution in [3.8, 4) is 11.1 Å². The number of nitrogens with zero attached hydrogens (tertiary/aromatic N) is 2. The Kier molecular flexibility index (Phi) is 8.29. The quantitative estimate of drug-likeness (QED) is 0.290. The predicted molar refractivity (Wildman–Crippen MR) is 142 cm³/mol. The zero-order chi connectivity index (χ0) is 27.4. The molecule has 1 aliphatic rings. The highest BCUT2D eigenvalue weighted by molar-refractivity contribution is 6.03. The maximum Gasteiger partial charge on any atom is 0.336 e. The number of halogens is 2. The average molecular weight is 527 g/mol. The van der Waals surface area contributed by atoms with Crippen LogP contribution in [0.3, 0.4) is 0 Å². The number of carbonyl (C=O) groups excluding carboxylic acids is 1. The highest BCUT2D eigenvalue weighted by Crippen LogP contribution is 2.39. The van der Waals surface area contributed by atoms with Crippen molar-refractivity contribution in [1.29, 1.82) is 0 Å². The fraction of sp³-hybridized carbons (Fsp3) is 0.393. The standard InChI is InChI=1S/C28H32F2N4O4/c1-16(2)15-34(19-7-5-4-6-8-19)25-14-23(30)22(21-12-18(29)9-10-20(21)27(35)36)13-24(25)31-28(37)32-26-11-17(3)33-38-26/h9-14,16,19H,4-8,15H2,1-3H3,(H,35,36)(H2,31,32,37). The van der Waals surface area contributed by atoms with Crippen molar-refractivity contribution in [2.75, 3.05) is 22.1 Å². The Morgan fingerprint density at radius 1 is 1.08 bits per heavy atom. The molecule has 202 valence electrons. The Morgan fingerprint density at radius 2 is 1.82 bits per heavy atom. The molecule has 3 N–H and O–H groups in total. The van der Waals surface area contributed by atoms with Gasteiger partial charge in [0.2, 0.25) is 5.88 Å². The van der Waals surface area contributed by atoms with E-state index in [2.05, 4.69) is 34.5 Å². The molecule has 2 aromatic carbocycles. The largest absolute Gasteiger partial charge is 0.478 e. The summed E-state index contributed by atoms with van der Waals surface area (Å²) in [5, 5.41) is 18.7. The van der Waals surface area contributed by atoms with Gasteiger partial charge in [-0.1, -0.05) is 38.3 Å². The van der Waals surface area contributed by atoms with Crippen LogP contribution >= 0.6 is 0 Å². The summed E-state index contributed by atoms with van der Waals surface area (Å²) in [6.07, 6.45) is 5.12. The molecule has 10 heteroatoms. The first kappa shape index (κ1) is 27.1. The number of aromatic carboxylic acids is 1. The van der Waals surface area contributed by atoms with Gasteiger partial charge in [0.25, 0.3) is 0 Å². The van der Waals surface area contributed by atoms with E-state index in [9.17, 15) is 19.1 Å². The summed E-state index contributed by atoms with van der Waals surface area (Å²) in [7, 11) is 0. The number of aromatic nitrogens is 1. The van der Waals surface area contributed by atoms with E-state index in [1.165, 1.54) is 12.1 Å². The van der Waals surface area contributed by atoms with E-state index in [0.29, 0.717) is 17.9 Å². The summed E-state index contributed by atoms with van der Waals surface area (Å²) >= 11 is 0. The van der Waals surface area contributed by atoms with Gasteiger partial charge in [-0.05, 0) is 56.0 Å². The number of rotatable bonds is 8. The number of anilines is 3. The van der Waals surface area contributed by atoms with Crippen molar-refractivity contribution in [3.63, 3.8) is 0 Å². The van der Waals surface area contributed by atoms with Crippen molar-refractivity contribution < 1.29 is 28.0 Å². The molecule has 1 aliphatic carbocycles. The first-order valence-corrected chi connectivity index (χ1v) is 12.8. The summed E-state index contributed by atoms with van der Waals surface area (Å²) in [6, 6.07) is 6.82. The number of carboxylic acids is 1. The molecule has 0 aliphatic heterocycles. The minimum Gasteiger partial charge on any atom is -0.478 e. The number of hydrogen-bond acceptors (Lipinski definition) is 5. The normalized spacial score (nSPS) is 13.9. The van der Waals surface area contributed by atoms with Crippen molar-refractivity contribution in [2.45, 2.75) is 58.9 Å². The molecule has 8 nitrogen and oxygen atoms in total. The van der Waals surface area contributed by atoms with Gasteiger partial charge in [0, 0.05) is 29.8 Å². The molecule has 1 fully saturated rings. The lowest BCUT2D eigenvalue weighted by Gasteiger charge is -2.38. The lowest BCUT2D eigenvalue weighted by atomic mass is 9.92. The number of aryl methyl sites for hydroxylation is 1. The second-order valence-corrected chi connectivity index (χ2v) is 10.1. The van der Waals surface area contributed by atoms with Crippen LogP contribution in [0.25, 0.3) is 11.1 Å². The van der Waals surface area contributed by atoms with Gasteiger partial charge in [-0.3, -0.25) is 5.32 Å². The van der Waals surface area contributed by atoms with E-state index >= 15 is 4.39 Å². The molecule has 4 rings (SSSR count). The monoisotopic (exact) mass is 526 g/mol. The fourth-order valence-electron chi connectivity index (χ4n) is 4.95. The molecule has 38 heavy (non-hydrogen) atoms. The summed E-state index contributed by atoms with van der Waals surface area (Å²) in [5.74, 6) is -2.35. The number of benzene rings is 2. The molecule has 3 aromatic rings. The number of amides is 2. The van der Waals surface area contributed by atoms with Crippen molar-refractivity contribution in [3.05, 3.63) is 59.3 Å². The molecule has 0 radical (unpaired) electrons. The Morgan fingerprint density at radius 3 is 2.45 bits per heavy atom. The zero-order valence-electron chi connectivity index (χ0n) is 21.7. The molecular weight excluding hydrogens is 494 g/mol. The van der Waals surface area contributed by atoms with E-state index < -0.39 is 23.6 Å². The van der Waals surface area contributed by atoms with Gasteiger partial charge in [-0.25, -0.2) is 18.4 Å². The molecule has 0 atom stereocenters. The third-order valence-electron chi connectivity index (χ3n) is 6.59. The molecule has 0 saturated heterocycles. The molecule has 2 amide bonds. The lowest BCUT2D eigenvalue weighted by molar-refractivity contribution is 0.0697. The van der Waals surface area contributed by atoms with Gasteiger partial charge in [0.05, 0.1) is 22.6 Å². The van der Waals surface area contributed by atoms with E-state index in [4.69, 9.17) is 4.52 Å². The summed E-state index contributed by atoms with van der Waals surface area (Å²) < 4.78 is 35.0. The molecule has 1 heterocycles. The van der Waals surface area contributed by atoms with E-state index in [-0.39, 0.29) is 40.2 Å². The first-order chi connectivity index (χ1) is 18.1. The number of urea groups is 1. The molecule has 0 bridgehead atoms. The van der Waals surface area contributed by atoms with Gasteiger partial charge in [-0.15, -0.1) is 0 Å². The first-order valence-electron chi connectivity index (χ1n) is 12.8. The van der Waals surface area contributed by atoms with Crippen LogP contribution in [0, 0.1) is 24.5 Å². The Bertz CT molecular complexity index is 1320. The highest BCUT2D eigenvalue weighted by Gasteiger charge is 2.27. The average Bonchev–Trinajstić information content (AvgIpc) is 3.27. The molecule has 0 spiro atoms. The maximum atomic E-state index is 15.7. The third-order valence-corrected chi connectivity index (χ3v) is 6.59. The Balaban J connectivity index is 1.82. The minimum absolute atomic E-state index is 0.121. The molecule has 1 saturated carbocycles. The molecule has 0 unspecified atom stereocenters. The zero-order valence-corrected chi connectivity index (χ0v) is 21.7. The van der Waals surface area contributed by atoms with E-state index in [1.54, 1.807) is 13.0 Å². The van der Waals surface area contributed by atoms with Crippen LogP contribution < -0.4 is 15.5 Å². The van der Waals surface area contributed by atoms with Crippen LogP contribution in [-0.4, -0.2) is 34.9 Å². The molecular formula is C28H32F2N4O4. The lowest BCUT2D eigenvalue weighted by Crippen LogP contribution is -2.40. The fourth-order valence-corrected chi connectivity index (χ4v) is 4.95. The van der Waals surface area contributed by atoms with Gasteiger partial charge in [0.1, 0.15) is 11.6 Å². The predicted octanol–water partition coefficient (Wildman–Crippen LogP) is 7.07. The van der Waals surface area contributed by atoms with Crippen molar-refractivity contribution in [2.24, 2.45) is 5.92 Å². The van der Waals surface area contributed by atoms with Crippen molar-refractivity contribution >= 4 is 29.3 Å². The number of nitrogens with one attached hydrogen (secondary N) is 2. The van der Waals surface area contributed by atoms with Gasteiger partial charge < -0.3 is 19.8 Å². The SMILES string of the molecule is Cc1cc(NC(=O)Nc2cc(-c3cc(F)ccc3C(=O)O)c(F)cc2N(CC(C)C)C2CCCCC2)on1. The number of hydrogen-bond donors (Lipinski definition) is 3. The Labute approximate surface area is 220 Å². The highest BCUT2D eigenvalue weighted by atomic mass is 19.1. The number of carbonyl (C=O) groups is 2. The topological polar surface area (TPSA) is 108 Å². The van der Waals surface area contributed by atoms with Crippen LogP contribution in [0.2, 0.25) is 0 Å². The minimum atomic E-state index is -1.32. The third kappa shape index (κ3) is 6.30. The van der Waals surface area contributed by atoms with Crippen molar-refractivity contribution in [1.82, 2.24) is 5.16 Å². The van der Waals surface area contributed by atoms with Crippen LogP contribution in [0.5, 0.6) is 0 Å². The smallest absolute Gasteiger partial charge is 0.336 e. The second kappa shape index (κ2) is 11.6. The Hall–Kier alpha value is -3.95. The summed E-state index contributed by atoms with van der Waals surface area (Å²) in [4.78, 5) is 26.9. The maximum absolute atomic E-state index is 15.7. The van der Waals surface area contributed by atoms with E-state index in [1.807, 2.05) is 0 Å². The van der Waals surface area contributed by atoms with Crippen LogP contribution in [0.4, 0.5) is 30.8 Å². The van der Waals surface area contributed by atoms with E-state index in [0.717, 1.165) is 50.3 Å². The van der Waals surface area contributed by atoms with Gasteiger partial charge >= 0.3 is 12.0 Å². The second-order valence-electron chi connectivity index (χ2n) is 10.1. The van der Waals surface area contributed by atoms with Crippen LogP contribution in [0.15, 0.2) is 40.9 Å². The number of carboxylic acid groups (broad SMARTS) is 1. The summed E-state index contributed by atoms with van der Waals surface area (Å²) in [5.41, 5.74) is 0.814.